The van der Waals surface area contributed by atoms with Gasteiger partial charge in [-0.2, -0.15) is 0 Å². The van der Waals surface area contributed by atoms with Crippen LogP contribution in [-0.2, 0) is 0 Å². The van der Waals surface area contributed by atoms with E-state index in [1.54, 1.807) is 29.6 Å². The third-order valence-electron chi connectivity index (χ3n) is 1.94. The second-order valence-electron chi connectivity index (χ2n) is 3.02. The summed E-state index contributed by atoms with van der Waals surface area (Å²) in [4.78, 5) is 10.3. The van der Waals surface area contributed by atoms with Gasteiger partial charge in [0.15, 0.2) is 5.00 Å². The molecule has 0 aliphatic carbocycles. The molecule has 1 heterocycles. The normalized spacial score (nSPS) is 10.1. The van der Waals surface area contributed by atoms with Crippen LogP contribution in [0.5, 0.6) is 0 Å². The third-order valence-corrected chi connectivity index (χ3v) is 3.01. The highest BCUT2D eigenvalue weighted by molar-refractivity contribution is 7.14. The lowest BCUT2D eigenvalue weighted by Crippen LogP contribution is -1.92. The second kappa shape index (κ2) is 4.51. The molecule has 2 aromatic rings. The van der Waals surface area contributed by atoms with Crippen LogP contribution in [0.3, 0.4) is 0 Å². The van der Waals surface area contributed by atoms with Crippen molar-refractivity contribution in [3.8, 4) is 0 Å². The summed E-state index contributed by atoms with van der Waals surface area (Å²) in [5, 5.41) is 16.5. The Balaban J connectivity index is 2.23. The maximum absolute atomic E-state index is 10.7. The van der Waals surface area contributed by atoms with Gasteiger partial charge in [-0.05, 0) is 29.6 Å². The fraction of sp³-hybridized carbons (Fsp3) is 0. The third kappa shape index (κ3) is 2.32. The van der Waals surface area contributed by atoms with Crippen LogP contribution >= 0.6 is 22.9 Å². The standard InChI is InChI=1S/C10H7ClN2O2S/c11-7-1-3-8(4-2-7)12-10-9(13(14)15)5-6-16-10/h1-6,12H. The molecule has 1 N–H and O–H groups in total. The molecule has 0 aliphatic heterocycles. The first-order valence-electron chi connectivity index (χ1n) is 4.41. The van der Waals surface area contributed by atoms with E-state index in [0.29, 0.717) is 10.0 Å². The number of hydrogen-bond donors (Lipinski definition) is 1. The minimum absolute atomic E-state index is 0.0833. The van der Waals surface area contributed by atoms with Crippen LogP contribution in [0.2, 0.25) is 5.02 Å². The first kappa shape index (κ1) is 10.9. The summed E-state index contributed by atoms with van der Waals surface area (Å²) in [7, 11) is 0. The van der Waals surface area contributed by atoms with Gasteiger partial charge in [0.1, 0.15) is 0 Å². The van der Waals surface area contributed by atoms with Gasteiger partial charge in [-0.1, -0.05) is 11.6 Å². The predicted octanol–water partition coefficient (Wildman–Crippen LogP) is 4.05. The van der Waals surface area contributed by atoms with E-state index in [1.807, 2.05) is 0 Å². The number of anilines is 2. The van der Waals surface area contributed by atoms with E-state index in [-0.39, 0.29) is 5.69 Å². The number of nitrogens with one attached hydrogen (secondary N) is 1. The van der Waals surface area contributed by atoms with Gasteiger partial charge in [-0.25, -0.2) is 0 Å². The summed E-state index contributed by atoms with van der Waals surface area (Å²) in [5.74, 6) is 0. The van der Waals surface area contributed by atoms with E-state index in [9.17, 15) is 10.1 Å². The number of rotatable bonds is 3. The van der Waals surface area contributed by atoms with Crippen molar-refractivity contribution in [2.24, 2.45) is 0 Å². The molecule has 0 atom stereocenters. The van der Waals surface area contributed by atoms with E-state index in [4.69, 9.17) is 11.6 Å². The summed E-state index contributed by atoms with van der Waals surface area (Å²) in [5.41, 5.74) is 0.856. The van der Waals surface area contributed by atoms with E-state index in [0.717, 1.165) is 5.69 Å². The van der Waals surface area contributed by atoms with Crippen LogP contribution in [0.25, 0.3) is 0 Å². The van der Waals surface area contributed by atoms with Crippen molar-refractivity contribution in [1.29, 1.82) is 0 Å². The van der Waals surface area contributed by atoms with Crippen LogP contribution in [0, 0.1) is 10.1 Å². The van der Waals surface area contributed by atoms with Gasteiger partial charge >= 0.3 is 5.69 Å². The number of hydrogen-bond acceptors (Lipinski definition) is 4. The maximum Gasteiger partial charge on any atom is 0.303 e. The quantitative estimate of drug-likeness (QED) is 0.664. The molecule has 0 amide bonds. The second-order valence-corrected chi connectivity index (χ2v) is 4.38. The molecule has 2 rings (SSSR count). The molecule has 0 saturated heterocycles. The predicted molar refractivity (Wildman–Crippen MR) is 65.7 cm³/mol. The molecule has 0 saturated carbocycles. The molecule has 1 aromatic heterocycles. The highest BCUT2D eigenvalue weighted by Crippen LogP contribution is 2.33. The average Bonchev–Trinajstić information content (AvgIpc) is 2.69. The lowest BCUT2D eigenvalue weighted by molar-refractivity contribution is -0.383. The smallest absolute Gasteiger partial charge is 0.303 e. The molecule has 0 bridgehead atoms. The monoisotopic (exact) mass is 254 g/mol. The minimum atomic E-state index is -0.408. The van der Waals surface area contributed by atoms with Crippen LogP contribution in [0.1, 0.15) is 0 Å². The van der Waals surface area contributed by atoms with Crippen LogP contribution in [0.15, 0.2) is 35.7 Å². The highest BCUT2D eigenvalue weighted by atomic mass is 35.5. The Kier molecular flexibility index (Phi) is 3.07. The van der Waals surface area contributed by atoms with Gasteiger partial charge in [0, 0.05) is 16.8 Å². The lowest BCUT2D eigenvalue weighted by Gasteiger charge is -2.02. The zero-order valence-corrected chi connectivity index (χ0v) is 9.59. The lowest BCUT2D eigenvalue weighted by atomic mass is 10.3. The van der Waals surface area contributed by atoms with Gasteiger partial charge in [0.25, 0.3) is 0 Å². The van der Waals surface area contributed by atoms with Gasteiger partial charge in [-0.15, -0.1) is 11.3 Å². The Morgan fingerprint density at radius 1 is 1.25 bits per heavy atom. The number of thiophene rings is 1. The van der Waals surface area contributed by atoms with Crippen molar-refractivity contribution in [2.45, 2.75) is 0 Å². The minimum Gasteiger partial charge on any atom is -0.342 e. The van der Waals surface area contributed by atoms with Crippen molar-refractivity contribution in [3.05, 3.63) is 50.8 Å². The number of nitro groups is 1. The van der Waals surface area contributed by atoms with E-state index in [1.165, 1.54) is 17.4 Å². The first-order chi connectivity index (χ1) is 7.66. The summed E-state index contributed by atoms with van der Waals surface area (Å²) < 4.78 is 0. The molecule has 16 heavy (non-hydrogen) atoms. The van der Waals surface area contributed by atoms with Crippen molar-refractivity contribution in [3.63, 3.8) is 0 Å². The van der Waals surface area contributed by atoms with E-state index < -0.39 is 4.92 Å². The van der Waals surface area contributed by atoms with Gasteiger partial charge in [0.05, 0.1) is 4.92 Å². The summed E-state index contributed by atoms with van der Waals surface area (Å²) in [6, 6.07) is 8.47. The largest absolute Gasteiger partial charge is 0.342 e. The Morgan fingerprint density at radius 3 is 2.56 bits per heavy atom. The molecule has 0 radical (unpaired) electrons. The molecule has 0 aliphatic rings. The average molecular weight is 255 g/mol. The summed E-state index contributed by atoms with van der Waals surface area (Å²) in [6.45, 7) is 0. The molecule has 82 valence electrons. The number of nitrogens with zero attached hydrogens (tertiary/aromatic N) is 1. The SMILES string of the molecule is O=[N+]([O-])c1ccsc1Nc1ccc(Cl)cc1. The fourth-order valence-corrected chi connectivity index (χ4v) is 2.10. The number of halogens is 1. The van der Waals surface area contributed by atoms with Crippen LogP contribution in [0.4, 0.5) is 16.4 Å². The Labute approximate surface area is 101 Å². The van der Waals surface area contributed by atoms with E-state index in [2.05, 4.69) is 5.32 Å². The molecule has 0 spiro atoms. The first-order valence-corrected chi connectivity index (χ1v) is 5.67. The molecule has 6 heteroatoms. The maximum atomic E-state index is 10.7. The van der Waals surface area contributed by atoms with Gasteiger partial charge in [0.2, 0.25) is 0 Å². The van der Waals surface area contributed by atoms with Crippen molar-refractivity contribution in [1.82, 2.24) is 0 Å². The molecule has 0 fully saturated rings. The highest BCUT2D eigenvalue weighted by Gasteiger charge is 2.14. The summed E-state index contributed by atoms with van der Waals surface area (Å²) >= 11 is 7.03. The van der Waals surface area contributed by atoms with Gasteiger partial charge in [-0.3, -0.25) is 10.1 Å². The van der Waals surface area contributed by atoms with E-state index >= 15 is 0 Å². The molecular weight excluding hydrogens is 248 g/mol. The molecule has 4 nitrogen and oxygen atoms in total. The van der Waals surface area contributed by atoms with Crippen LogP contribution < -0.4 is 5.32 Å². The molecule has 0 unspecified atom stereocenters. The molecular formula is C10H7ClN2O2S. The Hall–Kier alpha value is -1.59. The van der Waals surface area contributed by atoms with Gasteiger partial charge < -0.3 is 5.32 Å². The summed E-state index contributed by atoms with van der Waals surface area (Å²) in [6.07, 6.45) is 0. The van der Waals surface area contributed by atoms with Crippen LogP contribution in [-0.4, -0.2) is 4.92 Å². The number of benzene rings is 1. The fourth-order valence-electron chi connectivity index (χ4n) is 1.20. The Bertz CT molecular complexity index is 510. The van der Waals surface area contributed by atoms with Crippen molar-refractivity contribution in [2.75, 3.05) is 5.32 Å². The zero-order valence-electron chi connectivity index (χ0n) is 8.01. The molecule has 1 aromatic carbocycles. The Morgan fingerprint density at radius 2 is 1.94 bits per heavy atom. The van der Waals surface area contributed by atoms with Crippen molar-refractivity contribution < 1.29 is 4.92 Å². The zero-order chi connectivity index (χ0) is 11.5. The van der Waals surface area contributed by atoms with Crippen molar-refractivity contribution >= 4 is 39.3 Å². The topological polar surface area (TPSA) is 55.2 Å².